The normalized spacial score (nSPS) is 12.3. The van der Waals surface area contributed by atoms with Crippen molar-refractivity contribution in [2.75, 3.05) is 7.05 Å². The van der Waals surface area contributed by atoms with E-state index >= 15 is 0 Å². The van der Waals surface area contributed by atoms with Gasteiger partial charge in [0.1, 0.15) is 5.58 Å². The third kappa shape index (κ3) is 1.45. The molecular formula is C10H8ClNO. The molecular weight excluding hydrogens is 186 g/mol. The van der Waals surface area contributed by atoms with Crippen molar-refractivity contribution < 1.29 is 4.42 Å². The van der Waals surface area contributed by atoms with Gasteiger partial charge >= 0.3 is 0 Å². The number of hydrogen-bond donors (Lipinski definition) is 0. The lowest BCUT2D eigenvalue weighted by Crippen LogP contribution is -2.00. The van der Waals surface area contributed by atoms with E-state index in [9.17, 15) is 0 Å². The quantitative estimate of drug-likeness (QED) is 0.632. The molecule has 0 radical (unpaired) electrons. The lowest BCUT2D eigenvalue weighted by Gasteiger charge is -1.97. The highest BCUT2D eigenvalue weighted by Crippen LogP contribution is 2.15. The highest BCUT2D eigenvalue weighted by Gasteiger charge is 1.97. The summed E-state index contributed by atoms with van der Waals surface area (Å²) in [4.78, 5) is 4.12. The second-order valence-corrected chi connectivity index (χ2v) is 3.11. The molecule has 1 aromatic carbocycles. The van der Waals surface area contributed by atoms with Gasteiger partial charge in [0.05, 0.1) is 11.6 Å². The Labute approximate surface area is 80.5 Å². The van der Waals surface area contributed by atoms with E-state index in [0.29, 0.717) is 5.02 Å². The first-order valence-corrected chi connectivity index (χ1v) is 4.29. The molecule has 0 aliphatic rings. The molecule has 2 rings (SSSR count). The number of benzene rings is 1. The summed E-state index contributed by atoms with van der Waals surface area (Å²) < 4.78 is 5.29. The van der Waals surface area contributed by atoms with Crippen LogP contribution in [0, 0.1) is 0 Å². The first kappa shape index (κ1) is 8.32. The van der Waals surface area contributed by atoms with Gasteiger partial charge in [-0.15, -0.1) is 0 Å². The van der Waals surface area contributed by atoms with Crippen molar-refractivity contribution in [3.63, 3.8) is 0 Å². The Hall–Kier alpha value is -1.28. The maximum atomic E-state index is 5.86. The molecule has 0 aliphatic carbocycles. The standard InChI is InChI=1S/C10H8ClNO/c1-12-9-4-5-13-10-3-2-7(11)6-8(9)10/h2-6H,1H3. The maximum Gasteiger partial charge on any atom is 0.135 e. The predicted octanol–water partition coefficient (Wildman–Crippen LogP) is 2.62. The van der Waals surface area contributed by atoms with E-state index in [1.807, 2.05) is 18.2 Å². The predicted molar refractivity (Wildman–Crippen MR) is 52.7 cm³/mol. The van der Waals surface area contributed by atoms with Gasteiger partial charge in [0.2, 0.25) is 0 Å². The summed E-state index contributed by atoms with van der Waals surface area (Å²) in [5, 5.41) is 2.53. The molecule has 0 aliphatic heterocycles. The fourth-order valence-corrected chi connectivity index (χ4v) is 1.43. The molecule has 3 heteroatoms. The van der Waals surface area contributed by atoms with Gasteiger partial charge in [0.25, 0.3) is 0 Å². The van der Waals surface area contributed by atoms with Crippen molar-refractivity contribution in [3.05, 3.63) is 40.9 Å². The Balaban J connectivity index is 2.96. The molecule has 0 amide bonds. The fourth-order valence-electron chi connectivity index (χ4n) is 1.26. The van der Waals surface area contributed by atoms with Gasteiger partial charge in [-0.25, -0.2) is 0 Å². The summed E-state index contributed by atoms with van der Waals surface area (Å²) in [5.74, 6) is 0. The van der Waals surface area contributed by atoms with Crippen molar-refractivity contribution in [3.8, 4) is 0 Å². The summed E-state index contributed by atoms with van der Waals surface area (Å²) in [6, 6.07) is 7.31. The van der Waals surface area contributed by atoms with Crippen molar-refractivity contribution in [2.45, 2.75) is 0 Å². The Bertz CT molecular complexity index is 501. The zero-order valence-corrected chi connectivity index (χ0v) is 7.88. The average molecular weight is 194 g/mol. The van der Waals surface area contributed by atoms with Crippen molar-refractivity contribution in [2.24, 2.45) is 4.99 Å². The molecule has 2 nitrogen and oxygen atoms in total. The second-order valence-electron chi connectivity index (χ2n) is 2.67. The third-order valence-electron chi connectivity index (χ3n) is 1.88. The van der Waals surface area contributed by atoms with E-state index in [1.165, 1.54) is 0 Å². The van der Waals surface area contributed by atoms with Crippen molar-refractivity contribution >= 4 is 22.6 Å². The SMILES string of the molecule is CN=c1ccoc2ccc(Cl)cc12. The lowest BCUT2D eigenvalue weighted by molar-refractivity contribution is 0.602. The molecule has 0 saturated heterocycles. The summed E-state index contributed by atoms with van der Waals surface area (Å²) in [6.07, 6.45) is 1.62. The maximum absolute atomic E-state index is 5.86. The smallest absolute Gasteiger partial charge is 0.135 e. The van der Waals surface area contributed by atoms with Crippen LogP contribution in [-0.4, -0.2) is 7.05 Å². The van der Waals surface area contributed by atoms with Crippen LogP contribution in [0.5, 0.6) is 0 Å². The lowest BCUT2D eigenvalue weighted by atomic mass is 10.2. The largest absolute Gasteiger partial charge is 0.464 e. The van der Waals surface area contributed by atoms with E-state index in [0.717, 1.165) is 16.3 Å². The minimum Gasteiger partial charge on any atom is -0.464 e. The molecule has 0 saturated carbocycles. The minimum atomic E-state index is 0.693. The van der Waals surface area contributed by atoms with Gasteiger partial charge in [-0.2, -0.15) is 0 Å². The molecule has 0 unspecified atom stereocenters. The molecule has 2 aromatic rings. The molecule has 0 atom stereocenters. The van der Waals surface area contributed by atoms with Crippen LogP contribution < -0.4 is 5.36 Å². The Morgan fingerprint density at radius 1 is 1.31 bits per heavy atom. The monoisotopic (exact) mass is 193 g/mol. The highest BCUT2D eigenvalue weighted by molar-refractivity contribution is 6.31. The van der Waals surface area contributed by atoms with E-state index in [-0.39, 0.29) is 0 Å². The zero-order valence-electron chi connectivity index (χ0n) is 7.12. The number of hydrogen-bond acceptors (Lipinski definition) is 2. The van der Waals surface area contributed by atoms with Gasteiger partial charge in [-0.3, -0.25) is 4.99 Å². The van der Waals surface area contributed by atoms with Crippen LogP contribution >= 0.6 is 11.6 Å². The fraction of sp³-hybridized carbons (Fsp3) is 0.100. The molecule has 13 heavy (non-hydrogen) atoms. The first-order chi connectivity index (χ1) is 6.31. The highest BCUT2D eigenvalue weighted by atomic mass is 35.5. The Kier molecular flexibility index (Phi) is 2.07. The van der Waals surface area contributed by atoms with Crippen LogP contribution in [0.2, 0.25) is 5.02 Å². The average Bonchev–Trinajstić information content (AvgIpc) is 2.17. The van der Waals surface area contributed by atoms with E-state index in [1.54, 1.807) is 19.4 Å². The van der Waals surface area contributed by atoms with Gasteiger partial charge < -0.3 is 4.42 Å². The second kappa shape index (κ2) is 3.23. The summed E-state index contributed by atoms with van der Waals surface area (Å²) in [6.45, 7) is 0. The van der Waals surface area contributed by atoms with Crippen molar-refractivity contribution in [1.29, 1.82) is 0 Å². The van der Waals surface area contributed by atoms with Crippen LogP contribution in [0.25, 0.3) is 11.0 Å². The van der Waals surface area contributed by atoms with Crippen LogP contribution in [-0.2, 0) is 0 Å². The number of fused-ring (bicyclic) bond motifs is 1. The molecule has 1 heterocycles. The van der Waals surface area contributed by atoms with E-state index < -0.39 is 0 Å². The summed E-state index contributed by atoms with van der Waals surface area (Å²) >= 11 is 5.86. The third-order valence-corrected chi connectivity index (χ3v) is 2.11. The number of nitrogens with zero attached hydrogens (tertiary/aromatic N) is 1. The molecule has 0 fully saturated rings. The Morgan fingerprint density at radius 2 is 2.15 bits per heavy atom. The van der Waals surface area contributed by atoms with Crippen LogP contribution in [0.4, 0.5) is 0 Å². The van der Waals surface area contributed by atoms with Crippen LogP contribution in [0.15, 0.2) is 39.9 Å². The van der Waals surface area contributed by atoms with Crippen LogP contribution in [0.1, 0.15) is 0 Å². The minimum absolute atomic E-state index is 0.693. The topological polar surface area (TPSA) is 25.5 Å². The molecule has 66 valence electrons. The van der Waals surface area contributed by atoms with E-state index in [4.69, 9.17) is 16.0 Å². The van der Waals surface area contributed by atoms with Gasteiger partial charge in [-0.05, 0) is 24.3 Å². The molecule has 1 aromatic heterocycles. The van der Waals surface area contributed by atoms with E-state index in [2.05, 4.69) is 4.99 Å². The van der Waals surface area contributed by atoms with Gasteiger partial charge in [0.15, 0.2) is 0 Å². The number of halogens is 1. The van der Waals surface area contributed by atoms with Crippen molar-refractivity contribution in [1.82, 2.24) is 0 Å². The number of rotatable bonds is 0. The summed E-state index contributed by atoms with van der Waals surface area (Å²) in [5.41, 5.74) is 0.799. The van der Waals surface area contributed by atoms with Gasteiger partial charge in [-0.1, -0.05) is 11.6 Å². The van der Waals surface area contributed by atoms with Gasteiger partial charge in [0, 0.05) is 17.5 Å². The van der Waals surface area contributed by atoms with Crippen LogP contribution in [0.3, 0.4) is 0 Å². The molecule has 0 bridgehead atoms. The summed E-state index contributed by atoms with van der Waals surface area (Å²) in [7, 11) is 1.75. The first-order valence-electron chi connectivity index (χ1n) is 3.91. The zero-order chi connectivity index (χ0) is 9.26. The molecule has 0 spiro atoms. The Morgan fingerprint density at radius 3 is 2.92 bits per heavy atom. The molecule has 0 N–H and O–H groups in total.